The fraction of sp³-hybridized carbons (Fsp3) is 0.222. The van der Waals surface area contributed by atoms with Crippen molar-refractivity contribution < 1.29 is 4.79 Å². The minimum atomic E-state index is -0.360. The van der Waals surface area contributed by atoms with Crippen molar-refractivity contribution in [1.82, 2.24) is 4.90 Å². The van der Waals surface area contributed by atoms with Crippen molar-refractivity contribution in [2.24, 2.45) is 5.73 Å². The van der Waals surface area contributed by atoms with Crippen molar-refractivity contribution in [3.05, 3.63) is 60.2 Å². The molecule has 0 spiro atoms. The summed E-state index contributed by atoms with van der Waals surface area (Å²) in [7, 11) is 0. The number of primary amides is 1. The second-order valence-electron chi connectivity index (χ2n) is 6.09. The highest BCUT2D eigenvalue weighted by Crippen LogP contribution is 2.50. The Kier molecular flexibility index (Phi) is 3.73. The molecule has 2 aromatic rings. The number of rotatable bonds is 3. The number of benzene rings is 2. The molecule has 0 saturated carbocycles. The molecule has 0 aliphatic carbocycles. The average molecular weight is 355 g/mol. The number of nitrogens with two attached hydrogens (primary N) is 1. The number of hydrogen-bond donors (Lipinski definition) is 1. The number of para-hydroxylation sites is 1. The van der Waals surface area contributed by atoms with Crippen molar-refractivity contribution in [3.8, 4) is 0 Å². The van der Waals surface area contributed by atoms with Crippen LogP contribution in [0.3, 0.4) is 0 Å². The van der Waals surface area contributed by atoms with Gasteiger partial charge in [0, 0.05) is 17.2 Å². The second kappa shape index (κ2) is 5.79. The SMILES string of the molecule is NC(=O)CN1CC2(c3ccccc3)CSc3ccccc3N2C1=S. The number of thioether (sulfide) groups is 1. The van der Waals surface area contributed by atoms with Gasteiger partial charge in [-0.1, -0.05) is 42.5 Å². The summed E-state index contributed by atoms with van der Waals surface area (Å²) in [5.41, 5.74) is 7.48. The van der Waals surface area contributed by atoms with Crippen LogP contribution in [0, 0.1) is 0 Å². The van der Waals surface area contributed by atoms with Gasteiger partial charge in [0.2, 0.25) is 5.91 Å². The van der Waals surface area contributed by atoms with Crippen LogP contribution in [0.15, 0.2) is 59.5 Å². The number of carbonyl (C=O) groups is 1. The molecule has 1 saturated heterocycles. The normalized spacial score (nSPS) is 22.2. The Bertz CT molecular complexity index is 811. The van der Waals surface area contributed by atoms with E-state index in [-0.39, 0.29) is 18.0 Å². The molecule has 4 rings (SSSR count). The first kappa shape index (κ1) is 15.5. The van der Waals surface area contributed by atoms with Gasteiger partial charge in [-0.15, -0.1) is 11.8 Å². The van der Waals surface area contributed by atoms with Gasteiger partial charge in [0.1, 0.15) is 0 Å². The van der Waals surface area contributed by atoms with E-state index in [0.29, 0.717) is 11.7 Å². The second-order valence-corrected chi connectivity index (χ2v) is 7.48. The summed E-state index contributed by atoms with van der Waals surface area (Å²) in [4.78, 5) is 16.8. The molecule has 2 aromatic carbocycles. The molecule has 122 valence electrons. The molecule has 0 bridgehead atoms. The molecule has 2 aliphatic rings. The Hall–Kier alpha value is -2.05. The number of carbonyl (C=O) groups excluding carboxylic acids is 1. The Labute approximate surface area is 150 Å². The Morgan fingerprint density at radius 3 is 2.62 bits per heavy atom. The number of hydrogen-bond acceptors (Lipinski definition) is 3. The monoisotopic (exact) mass is 355 g/mol. The third kappa shape index (κ3) is 2.29. The van der Waals surface area contributed by atoms with Gasteiger partial charge in [-0.3, -0.25) is 4.79 Å². The summed E-state index contributed by atoms with van der Waals surface area (Å²) < 4.78 is 0. The summed E-state index contributed by atoms with van der Waals surface area (Å²) in [6.45, 7) is 0.816. The lowest BCUT2D eigenvalue weighted by Gasteiger charge is -2.42. The molecule has 2 aliphatic heterocycles. The molecule has 6 heteroatoms. The highest BCUT2D eigenvalue weighted by Gasteiger charge is 2.52. The van der Waals surface area contributed by atoms with E-state index < -0.39 is 0 Å². The van der Waals surface area contributed by atoms with Gasteiger partial charge in [-0.05, 0) is 29.9 Å². The maximum atomic E-state index is 11.5. The molecule has 2 heterocycles. The van der Waals surface area contributed by atoms with Gasteiger partial charge < -0.3 is 15.5 Å². The highest BCUT2D eigenvalue weighted by molar-refractivity contribution is 7.99. The lowest BCUT2D eigenvalue weighted by Crippen LogP contribution is -2.49. The number of nitrogens with zero attached hydrogens (tertiary/aromatic N) is 2. The molecule has 1 atom stereocenters. The molecule has 24 heavy (non-hydrogen) atoms. The first-order chi connectivity index (χ1) is 11.6. The molecule has 0 aromatic heterocycles. The van der Waals surface area contributed by atoms with E-state index in [0.717, 1.165) is 11.4 Å². The number of thiocarbonyl (C=S) groups is 1. The van der Waals surface area contributed by atoms with Crippen molar-refractivity contribution in [1.29, 1.82) is 0 Å². The van der Waals surface area contributed by atoms with Crippen LogP contribution in [0.1, 0.15) is 5.56 Å². The van der Waals surface area contributed by atoms with Crippen LogP contribution >= 0.6 is 24.0 Å². The minimum absolute atomic E-state index is 0.150. The molecule has 1 amide bonds. The van der Waals surface area contributed by atoms with E-state index in [2.05, 4.69) is 29.2 Å². The van der Waals surface area contributed by atoms with Crippen LogP contribution in [0.25, 0.3) is 0 Å². The summed E-state index contributed by atoms with van der Waals surface area (Å²) in [5.74, 6) is 0.519. The molecule has 0 radical (unpaired) electrons. The van der Waals surface area contributed by atoms with Crippen LogP contribution in [0.2, 0.25) is 0 Å². The Morgan fingerprint density at radius 1 is 1.17 bits per heavy atom. The minimum Gasteiger partial charge on any atom is -0.368 e. The smallest absolute Gasteiger partial charge is 0.237 e. The van der Waals surface area contributed by atoms with Gasteiger partial charge in [0.15, 0.2) is 5.11 Å². The Balaban J connectivity index is 1.87. The molecule has 4 nitrogen and oxygen atoms in total. The van der Waals surface area contributed by atoms with Gasteiger partial charge in [-0.2, -0.15) is 0 Å². The van der Waals surface area contributed by atoms with Crippen molar-refractivity contribution in [2.75, 3.05) is 23.7 Å². The molecule has 1 unspecified atom stereocenters. The van der Waals surface area contributed by atoms with Gasteiger partial charge in [-0.25, -0.2) is 0 Å². The van der Waals surface area contributed by atoms with E-state index in [1.165, 1.54) is 10.5 Å². The average Bonchev–Trinajstić information content (AvgIpc) is 2.89. The zero-order chi connectivity index (χ0) is 16.7. The number of fused-ring (bicyclic) bond motifs is 3. The standard InChI is InChI=1S/C18H17N3OS2/c19-16(22)10-20-11-18(13-6-2-1-3-7-13)12-24-15-9-5-4-8-14(15)21(18)17(20)23/h1-9H,10-12H2,(H2,19,22). The third-order valence-corrected chi connectivity index (χ3v) is 6.29. The highest BCUT2D eigenvalue weighted by atomic mass is 32.2. The van der Waals surface area contributed by atoms with Crippen LogP contribution in [-0.4, -0.2) is 34.8 Å². The largest absolute Gasteiger partial charge is 0.368 e. The molecule has 1 fully saturated rings. The van der Waals surface area contributed by atoms with Crippen LogP contribution in [0.4, 0.5) is 5.69 Å². The fourth-order valence-electron chi connectivity index (χ4n) is 3.55. The lowest BCUT2D eigenvalue weighted by atomic mass is 9.90. The summed E-state index contributed by atoms with van der Waals surface area (Å²) >= 11 is 7.58. The number of anilines is 1. The van der Waals surface area contributed by atoms with E-state index in [1.54, 1.807) is 0 Å². The predicted octanol–water partition coefficient (Wildman–Crippen LogP) is 2.58. The van der Waals surface area contributed by atoms with E-state index >= 15 is 0 Å². The third-order valence-electron chi connectivity index (χ3n) is 4.57. The molecular weight excluding hydrogens is 338 g/mol. The first-order valence-electron chi connectivity index (χ1n) is 7.77. The summed E-state index contributed by atoms with van der Waals surface area (Å²) in [6.07, 6.45) is 0. The van der Waals surface area contributed by atoms with Crippen LogP contribution in [-0.2, 0) is 10.3 Å². The lowest BCUT2D eigenvalue weighted by molar-refractivity contribution is -0.118. The zero-order valence-corrected chi connectivity index (χ0v) is 14.6. The zero-order valence-electron chi connectivity index (χ0n) is 13.0. The van der Waals surface area contributed by atoms with E-state index in [4.69, 9.17) is 18.0 Å². The first-order valence-corrected chi connectivity index (χ1v) is 9.16. The van der Waals surface area contributed by atoms with E-state index in [1.807, 2.05) is 47.0 Å². The van der Waals surface area contributed by atoms with Gasteiger partial charge in [0.25, 0.3) is 0 Å². The maximum absolute atomic E-state index is 11.5. The van der Waals surface area contributed by atoms with Crippen LogP contribution in [0.5, 0.6) is 0 Å². The Morgan fingerprint density at radius 2 is 1.88 bits per heavy atom. The van der Waals surface area contributed by atoms with Crippen molar-refractivity contribution in [2.45, 2.75) is 10.4 Å². The van der Waals surface area contributed by atoms with Crippen molar-refractivity contribution >= 4 is 40.7 Å². The summed E-state index contributed by atoms with van der Waals surface area (Å²) in [6, 6.07) is 18.7. The topological polar surface area (TPSA) is 49.6 Å². The summed E-state index contributed by atoms with van der Waals surface area (Å²) in [5, 5.41) is 0.672. The van der Waals surface area contributed by atoms with Crippen LogP contribution < -0.4 is 10.6 Å². The molecular formula is C18H17N3OS2. The van der Waals surface area contributed by atoms with Gasteiger partial charge in [0.05, 0.1) is 17.8 Å². The van der Waals surface area contributed by atoms with Gasteiger partial charge >= 0.3 is 0 Å². The quantitative estimate of drug-likeness (QED) is 0.858. The van der Waals surface area contributed by atoms with Crippen molar-refractivity contribution in [3.63, 3.8) is 0 Å². The maximum Gasteiger partial charge on any atom is 0.237 e. The number of amides is 1. The predicted molar refractivity (Wildman–Crippen MR) is 101 cm³/mol. The molecule has 2 N–H and O–H groups in total. The van der Waals surface area contributed by atoms with E-state index in [9.17, 15) is 4.79 Å². The fourth-order valence-corrected chi connectivity index (χ4v) is 5.21.